The third-order valence-corrected chi connectivity index (χ3v) is 2.88. The number of hydrogen-bond donors (Lipinski definition) is 1. The van der Waals surface area contributed by atoms with Gasteiger partial charge in [0.15, 0.2) is 0 Å². The van der Waals surface area contributed by atoms with Gasteiger partial charge in [0, 0.05) is 18.5 Å². The molecule has 0 saturated carbocycles. The van der Waals surface area contributed by atoms with Crippen molar-refractivity contribution in [2.24, 2.45) is 10.8 Å². The smallest absolute Gasteiger partial charge is 0.239 e. The lowest BCUT2D eigenvalue weighted by molar-refractivity contribution is -0.146. The van der Waals surface area contributed by atoms with Crippen LogP contribution in [0.1, 0.15) is 41.0 Å². The highest BCUT2D eigenvalue weighted by Crippen LogP contribution is 2.34. The molecule has 98 valence electrons. The van der Waals surface area contributed by atoms with E-state index in [1.54, 1.807) is 4.90 Å². The van der Waals surface area contributed by atoms with Crippen molar-refractivity contribution in [1.82, 2.24) is 10.2 Å². The number of hydrogen-bond acceptors (Lipinski definition) is 2. The fraction of sp³-hybridized carbons (Fsp3) is 0.846. The molecule has 0 aliphatic carbocycles. The van der Waals surface area contributed by atoms with Crippen LogP contribution in [0.15, 0.2) is 0 Å². The molecule has 1 N–H and O–H groups in total. The zero-order chi connectivity index (χ0) is 13.3. The van der Waals surface area contributed by atoms with Crippen LogP contribution in [0.2, 0.25) is 0 Å². The predicted octanol–water partition coefficient (Wildman–Crippen LogP) is 1.41. The van der Waals surface area contributed by atoms with E-state index in [9.17, 15) is 9.59 Å². The van der Waals surface area contributed by atoms with Crippen LogP contribution in [0.3, 0.4) is 0 Å². The quantitative estimate of drug-likeness (QED) is 0.793. The van der Waals surface area contributed by atoms with E-state index in [1.165, 1.54) is 0 Å². The second kappa shape index (κ2) is 4.67. The predicted molar refractivity (Wildman–Crippen MR) is 67.4 cm³/mol. The molecule has 0 aromatic heterocycles. The highest BCUT2D eigenvalue weighted by molar-refractivity contribution is 5.88. The number of amides is 2. The molecule has 0 aromatic carbocycles. The summed E-state index contributed by atoms with van der Waals surface area (Å²) in [5, 5.41) is 2.73. The van der Waals surface area contributed by atoms with Gasteiger partial charge >= 0.3 is 0 Å². The van der Waals surface area contributed by atoms with Crippen LogP contribution < -0.4 is 5.32 Å². The fourth-order valence-corrected chi connectivity index (χ4v) is 2.64. The molecule has 0 spiro atoms. The molecule has 1 aliphatic rings. The highest BCUT2D eigenvalue weighted by Gasteiger charge is 2.36. The van der Waals surface area contributed by atoms with Crippen LogP contribution in [0.4, 0.5) is 0 Å². The van der Waals surface area contributed by atoms with E-state index >= 15 is 0 Å². The maximum Gasteiger partial charge on any atom is 0.239 e. The summed E-state index contributed by atoms with van der Waals surface area (Å²) in [4.78, 5) is 25.3. The van der Waals surface area contributed by atoms with Crippen LogP contribution in [0.25, 0.3) is 0 Å². The zero-order valence-corrected chi connectivity index (χ0v) is 11.6. The molecule has 17 heavy (non-hydrogen) atoms. The summed E-state index contributed by atoms with van der Waals surface area (Å²) < 4.78 is 0. The summed E-state index contributed by atoms with van der Waals surface area (Å²) in [5.74, 6) is 0.0263. The van der Waals surface area contributed by atoms with Crippen molar-refractivity contribution in [2.75, 3.05) is 19.6 Å². The van der Waals surface area contributed by atoms with E-state index in [1.807, 2.05) is 13.8 Å². The standard InChI is InChI=1S/C13H24N2O2/c1-12(2,3)9-13(4,5)11(17)15-7-6-14-10(16)8-15/h6-9H2,1-5H3,(H,14,16). The SMILES string of the molecule is CC(C)(C)CC(C)(C)C(=O)N1CCNC(=O)C1. The van der Waals surface area contributed by atoms with Gasteiger partial charge in [0.25, 0.3) is 0 Å². The van der Waals surface area contributed by atoms with Crippen molar-refractivity contribution < 1.29 is 9.59 Å². The largest absolute Gasteiger partial charge is 0.353 e. The van der Waals surface area contributed by atoms with Crippen molar-refractivity contribution in [3.63, 3.8) is 0 Å². The Bertz CT molecular complexity index is 316. The molecular formula is C13H24N2O2. The van der Waals surface area contributed by atoms with E-state index in [0.717, 1.165) is 6.42 Å². The molecule has 1 fully saturated rings. The molecule has 0 radical (unpaired) electrons. The number of nitrogens with one attached hydrogen (secondary N) is 1. The Labute approximate surface area is 104 Å². The third-order valence-electron chi connectivity index (χ3n) is 2.88. The molecule has 0 aromatic rings. The van der Waals surface area contributed by atoms with E-state index in [0.29, 0.717) is 13.1 Å². The van der Waals surface area contributed by atoms with Gasteiger partial charge in [-0.2, -0.15) is 0 Å². The first kappa shape index (κ1) is 14.0. The third kappa shape index (κ3) is 4.02. The van der Waals surface area contributed by atoms with Crippen LogP contribution in [0.5, 0.6) is 0 Å². The summed E-state index contributed by atoms with van der Waals surface area (Å²) in [6.07, 6.45) is 0.816. The van der Waals surface area contributed by atoms with Gasteiger partial charge in [-0.05, 0) is 11.8 Å². The average molecular weight is 240 g/mol. The molecule has 1 aliphatic heterocycles. The molecule has 0 unspecified atom stereocenters. The topological polar surface area (TPSA) is 49.4 Å². The Morgan fingerprint density at radius 3 is 2.35 bits per heavy atom. The lowest BCUT2D eigenvalue weighted by atomic mass is 9.75. The van der Waals surface area contributed by atoms with E-state index < -0.39 is 5.41 Å². The van der Waals surface area contributed by atoms with Gasteiger partial charge in [0.05, 0.1) is 6.54 Å². The average Bonchev–Trinajstić information content (AvgIpc) is 2.12. The lowest BCUT2D eigenvalue weighted by Crippen LogP contribution is -2.53. The lowest BCUT2D eigenvalue weighted by Gasteiger charge is -2.37. The fourth-order valence-electron chi connectivity index (χ4n) is 2.64. The Morgan fingerprint density at radius 2 is 1.88 bits per heavy atom. The van der Waals surface area contributed by atoms with E-state index in [-0.39, 0.29) is 23.8 Å². The van der Waals surface area contributed by atoms with Gasteiger partial charge in [-0.3, -0.25) is 9.59 Å². The number of carbonyl (C=O) groups is 2. The van der Waals surface area contributed by atoms with Gasteiger partial charge in [0.1, 0.15) is 0 Å². The highest BCUT2D eigenvalue weighted by atomic mass is 16.2. The minimum atomic E-state index is -0.407. The molecule has 0 atom stereocenters. The summed E-state index contributed by atoms with van der Waals surface area (Å²) in [5.41, 5.74) is -0.299. The van der Waals surface area contributed by atoms with Crippen molar-refractivity contribution in [3.05, 3.63) is 0 Å². The summed E-state index contributed by atoms with van der Waals surface area (Å²) in [6, 6.07) is 0. The normalized spacial score (nSPS) is 17.9. The Morgan fingerprint density at radius 1 is 1.29 bits per heavy atom. The number of rotatable bonds is 2. The van der Waals surface area contributed by atoms with Crippen molar-refractivity contribution >= 4 is 11.8 Å². The van der Waals surface area contributed by atoms with E-state index in [4.69, 9.17) is 0 Å². The van der Waals surface area contributed by atoms with E-state index in [2.05, 4.69) is 26.1 Å². The van der Waals surface area contributed by atoms with Crippen LogP contribution >= 0.6 is 0 Å². The Kier molecular flexibility index (Phi) is 3.84. The second-order valence-electron chi connectivity index (χ2n) is 6.70. The molecule has 1 heterocycles. The first-order valence-electron chi connectivity index (χ1n) is 6.18. The molecular weight excluding hydrogens is 216 g/mol. The van der Waals surface area contributed by atoms with Crippen molar-refractivity contribution in [3.8, 4) is 0 Å². The van der Waals surface area contributed by atoms with Gasteiger partial charge in [-0.1, -0.05) is 34.6 Å². The monoisotopic (exact) mass is 240 g/mol. The minimum Gasteiger partial charge on any atom is -0.353 e. The van der Waals surface area contributed by atoms with Crippen molar-refractivity contribution in [2.45, 2.75) is 41.0 Å². The number of carbonyl (C=O) groups excluding carboxylic acids is 2. The molecule has 2 amide bonds. The van der Waals surface area contributed by atoms with Gasteiger partial charge < -0.3 is 10.2 Å². The zero-order valence-electron chi connectivity index (χ0n) is 11.6. The summed E-state index contributed by atoms with van der Waals surface area (Å²) in [6.45, 7) is 11.7. The van der Waals surface area contributed by atoms with Gasteiger partial charge in [-0.15, -0.1) is 0 Å². The number of piperazine rings is 1. The number of nitrogens with zero attached hydrogens (tertiary/aromatic N) is 1. The molecule has 4 heteroatoms. The van der Waals surface area contributed by atoms with Crippen LogP contribution in [0, 0.1) is 10.8 Å². The Hall–Kier alpha value is -1.06. The minimum absolute atomic E-state index is 0.0591. The molecule has 4 nitrogen and oxygen atoms in total. The summed E-state index contributed by atoms with van der Waals surface area (Å²) in [7, 11) is 0. The van der Waals surface area contributed by atoms with Crippen LogP contribution in [-0.2, 0) is 9.59 Å². The Balaban J connectivity index is 2.70. The van der Waals surface area contributed by atoms with Crippen molar-refractivity contribution in [1.29, 1.82) is 0 Å². The second-order valence-corrected chi connectivity index (χ2v) is 6.70. The molecule has 1 rings (SSSR count). The summed E-state index contributed by atoms with van der Waals surface area (Å²) >= 11 is 0. The maximum atomic E-state index is 12.4. The van der Waals surface area contributed by atoms with Gasteiger partial charge in [-0.25, -0.2) is 0 Å². The maximum absolute atomic E-state index is 12.4. The molecule has 0 bridgehead atoms. The van der Waals surface area contributed by atoms with Crippen LogP contribution in [-0.4, -0.2) is 36.3 Å². The first-order valence-corrected chi connectivity index (χ1v) is 6.18. The first-order chi connectivity index (χ1) is 7.62. The van der Waals surface area contributed by atoms with Gasteiger partial charge in [0.2, 0.25) is 11.8 Å². The molecule has 1 saturated heterocycles.